The Kier molecular flexibility index (Phi) is 4.45. The molecule has 0 spiro atoms. The van der Waals surface area contributed by atoms with Crippen molar-refractivity contribution >= 4 is 17.5 Å². The Bertz CT molecular complexity index is 1020. The molecule has 1 N–H and O–H groups in total. The molecule has 2 aromatic heterocycles. The lowest BCUT2D eigenvalue weighted by molar-refractivity contribution is 0.0924. The number of ether oxygens (including phenoxy) is 2. The number of carbonyl (C=O) groups is 1. The highest BCUT2D eigenvalue weighted by atomic mass is 35.5. The number of pyridine rings is 1. The average Bonchev–Trinajstić information content (AvgIpc) is 3.28. The summed E-state index contributed by atoms with van der Waals surface area (Å²) >= 11 is 6.13. The second kappa shape index (κ2) is 6.92. The topological polar surface area (TPSA) is 78.3 Å². The summed E-state index contributed by atoms with van der Waals surface area (Å²) in [6.45, 7) is 2.22. The fraction of sp³-hybridized carbons (Fsp3) is 0.211. The Morgan fingerprint density at radius 2 is 2.22 bits per heavy atom. The molecule has 1 aliphatic heterocycles. The third kappa shape index (κ3) is 3.21. The smallest absolute Gasteiger partial charge is 0.270 e. The number of nitrogens with zero attached hydrogens (tertiary/aromatic N) is 3. The molecule has 1 atom stereocenters. The number of halogens is 1. The zero-order chi connectivity index (χ0) is 19.0. The summed E-state index contributed by atoms with van der Waals surface area (Å²) in [7, 11) is 1.51. The van der Waals surface area contributed by atoms with Gasteiger partial charge in [0.2, 0.25) is 5.88 Å². The van der Waals surface area contributed by atoms with Crippen molar-refractivity contribution in [3.05, 3.63) is 64.8 Å². The molecule has 7 nitrogen and oxygen atoms in total. The zero-order valence-electron chi connectivity index (χ0n) is 14.8. The van der Waals surface area contributed by atoms with Crippen LogP contribution in [-0.2, 0) is 0 Å². The number of amides is 1. The van der Waals surface area contributed by atoms with Gasteiger partial charge in [0.1, 0.15) is 23.7 Å². The van der Waals surface area contributed by atoms with Crippen molar-refractivity contribution in [2.45, 2.75) is 13.0 Å². The molecular formula is C19H17ClN4O3. The van der Waals surface area contributed by atoms with Crippen LogP contribution >= 0.6 is 11.6 Å². The van der Waals surface area contributed by atoms with E-state index < -0.39 is 0 Å². The molecule has 0 bridgehead atoms. The Labute approximate surface area is 160 Å². The standard InChI is InChI=1S/C19H17ClN4O3/c1-11-8-24(10-21-11)16-7-6-14(23-19(16)26-2)18(25)22-15-9-27-17-12(15)4-3-5-13(17)20/h3-8,10,15H,9H2,1-2H3,(H,22,25)/t15-/m0/s1. The molecule has 0 aliphatic carbocycles. The van der Waals surface area contributed by atoms with Crippen LogP contribution in [0.2, 0.25) is 5.02 Å². The Hall–Kier alpha value is -3.06. The second-order valence-corrected chi connectivity index (χ2v) is 6.55. The second-order valence-electron chi connectivity index (χ2n) is 6.14. The van der Waals surface area contributed by atoms with E-state index in [9.17, 15) is 4.79 Å². The summed E-state index contributed by atoms with van der Waals surface area (Å²) < 4.78 is 12.8. The van der Waals surface area contributed by atoms with Crippen molar-refractivity contribution in [1.82, 2.24) is 19.9 Å². The van der Waals surface area contributed by atoms with E-state index in [-0.39, 0.29) is 17.6 Å². The molecule has 0 radical (unpaired) electrons. The van der Waals surface area contributed by atoms with Gasteiger partial charge in [0, 0.05) is 11.8 Å². The van der Waals surface area contributed by atoms with Gasteiger partial charge < -0.3 is 19.4 Å². The molecule has 1 aliphatic rings. The maximum Gasteiger partial charge on any atom is 0.270 e. The number of imidazole rings is 1. The van der Waals surface area contributed by atoms with Gasteiger partial charge in [-0.3, -0.25) is 4.79 Å². The van der Waals surface area contributed by atoms with Crippen LogP contribution in [0.1, 0.15) is 27.8 Å². The number of para-hydroxylation sites is 1. The SMILES string of the molecule is COc1nc(C(=O)N[C@H]2COc3c(Cl)cccc32)ccc1-n1cnc(C)c1. The van der Waals surface area contributed by atoms with Crippen LogP contribution in [0.5, 0.6) is 11.6 Å². The van der Waals surface area contributed by atoms with E-state index in [2.05, 4.69) is 15.3 Å². The van der Waals surface area contributed by atoms with Gasteiger partial charge in [0.15, 0.2) is 0 Å². The summed E-state index contributed by atoms with van der Waals surface area (Å²) in [6.07, 6.45) is 3.53. The quantitative estimate of drug-likeness (QED) is 0.747. The summed E-state index contributed by atoms with van der Waals surface area (Å²) in [5.74, 6) is 0.634. The molecule has 3 heterocycles. The first-order valence-electron chi connectivity index (χ1n) is 8.35. The van der Waals surface area contributed by atoms with Gasteiger partial charge in [0.05, 0.1) is 30.2 Å². The number of carbonyl (C=O) groups excluding carboxylic acids is 1. The van der Waals surface area contributed by atoms with Crippen molar-refractivity contribution < 1.29 is 14.3 Å². The number of methoxy groups -OCH3 is 1. The molecule has 4 rings (SSSR count). The molecule has 0 fully saturated rings. The molecule has 0 unspecified atom stereocenters. The lowest BCUT2D eigenvalue weighted by Gasteiger charge is -2.13. The predicted molar refractivity (Wildman–Crippen MR) is 99.8 cm³/mol. The average molecular weight is 385 g/mol. The third-order valence-corrected chi connectivity index (χ3v) is 4.63. The van der Waals surface area contributed by atoms with Crippen LogP contribution in [0.4, 0.5) is 0 Å². The zero-order valence-corrected chi connectivity index (χ0v) is 15.5. The van der Waals surface area contributed by atoms with Gasteiger partial charge in [-0.15, -0.1) is 0 Å². The fourth-order valence-electron chi connectivity index (χ4n) is 3.02. The molecule has 8 heteroatoms. The van der Waals surface area contributed by atoms with Crippen LogP contribution in [0, 0.1) is 6.92 Å². The van der Waals surface area contributed by atoms with Gasteiger partial charge in [0.25, 0.3) is 5.91 Å². The van der Waals surface area contributed by atoms with Crippen molar-refractivity contribution in [3.8, 4) is 17.3 Å². The van der Waals surface area contributed by atoms with Gasteiger partial charge in [-0.2, -0.15) is 0 Å². The van der Waals surface area contributed by atoms with Crippen molar-refractivity contribution in [1.29, 1.82) is 0 Å². The first kappa shape index (κ1) is 17.4. The van der Waals surface area contributed by atoms with E-state index in [1.807, 2.05) is 25.3 Å². The normalized spacial score (nSPS) is 15.1. The largest absolute Gasteiger partial charge is 0.489 e. The number of rotatable bonds is 4. The maximum absolute atomic E-state index is 12.7. The van der Waals surface area contributed by atoms with E-state index in [1.54, 1.807) is 29.1 Å². The van der Waals surface area contributed by atoms with Gasteiger partial charge in [-0.1, -0.05) is 23.7 Å². The monoisotopic (exact) mass is 384 g/mol. The molecule has 138 valence electrons. The van der Waals surface area contributed by atoms with E-state index in [0.29, 0.717) is 28.9 Å². The highest BCUT2D eigenvalue weighted by Crippen LogP contribution is 2.38. The minimum atomic E-state index is -0.317. The summed E-state index contributed by atoms with van der Waals surface area (Å²) in [5, 5.41) is 3.46. The Morgan fingerprint density at radius 3 is 2.96 bits per heavy atom. The highest BCUT2D eigenvalue weighted by molar-refractivity contribution is 6.32. The predicted octanol–water partition coefficient (Wildman–Crippen LogP) is 3.10. The number of aryl methyl sites for hydroxylation is 1. The molecule has 27 heavy (non-hydrogen) atoms. The summed E-state index contributed by atoms with van der Waals surface area (Å²) in [4.78, 5) is 21.2. The first-order chi connectivity index (χ1) is 13.1. The van der Waals surface area contributed by atoms with Gasteiger partial charge >= 0.3 is 0 Å². The number of aromatic nitrogens is 3. The van der Waals surface area contributed by atoms with E-state index >= 15 is 0 Å². The molecule has 3 aromatic rings. The van der Waals surface area contributed by atoms with Gasteiger partial charge in [-0.25, -0.2) is 9.97 Å². The number of nitrogens with one attached hydrogen (secondary N) is 1. The molecule has 1 aromatic carbocycles. The van der Waals surface area contributed by atoms with Crippen LogP contribution in [0.15, 0.2) is 42.9 Å². The summed E-state index contributed by atoms with van der Waals surface area (Å²) in [5.41, 5.74) is 2.68. The fourth-order valence-corrected chi connectivity index (χ4v) is 3.26. The summed E-state index contributed by atoms with van der Waals surface area (Å²) in [6, 6.07) is 8.62. The number of fused-ring (bicyclic) bond motifs is 1. The molecule has 0 saturated heterocycles. The minimum absolute atomic E-state index is 0.253. The Balaban J connectivity index is 1.58. The van der Waals surface area contributed by atoms with Crippen molar-refractivity contribution in [2.24, 2.45) is 0 Å². The van der Waals surface area contributed by atoms with Crippen LogP contribution < -0.4 is 14.8 Å². The van der Waals surface area contributed by atoms with Crippen LogP contribution in [0.3, 0.4) is 0 Å². The lowest BCUT2D eigenvalue weighted by atomic mass is 10.1. The van der Waals surface area contributed by atoms with E-state index in [1.165, 1.54) is 7.11 Å². The number of hydrogen-bond acceptors (Lipinski definition) is 5. The minimum Gasteiger partial charge on any atom is -0.489 e. The molecular weight excluding hydrogens is 368 g/mol. The first-order valence-corrected chi connectivity index (χ1v) is 8.72. The van der Waals surface area contributed by atoms with Crippen molar-refractivity contribution in [3.63, 3.8) is 0 Å². The lowest BCUT2D eigenvalue weighted by Crippen LogP contribution is -2.30. The third-order valence-electron chi connectivity index (χ3n) is 4.33. The Morgan fingerprint density at radius 1 is 1.37 bits per heavy atom. The molecule has 0 saturated carbocycles. The van der Waals surface area contributed by atoms with Crippen LogP contribution in [-0.4, -0.2) is 34.2 Å². The van der Waals surface area contributed by atoms with Crippen molar-refractivity contribution in [2.75, 3.05) is 13.7 Å². The van der Waals surface area contributed by atoms with Gasteiger partial charge in [-0.05, 0) is 25.1 Å². The maximum atomic E-state index is 12.7. The van der Waals surface area contributed by atoms with E-state index in [0.717, 1.165) is 11.3 Å². The van der Waals surface area contributed by atoms with E-state index in [4.69, 9.17) is 21.1 Å². The van der Waals surface area contributed by atoms with Crippen LogP contribution in [0.25, 0.3) is 5.69 Å². The highest BCUT2D eigenvalue weighted by Gasteiger charge is 2.28. The number of hydrogen-bond donors (Lipinski definition) is 1. The molecule has 1 amide bonds. The number of benzene rings is 1.